The maximum atomic E-state index is 11.5. The highest BCUT2D eigenvalue weighted by atomic mass is 16.4. The van der Waals surface area contributed by atoms with Crippen molar-refractivity contribution in [1.29, 1.82) is 0 Å². The van der Waals surface area contributed by atoms with Crippen molar-refractivity contribution in [2.45, 2.75) is 25.3 Å². The van der Waals surface area contributed by atoms with Crippen LogP contribution in [0.5, 0.6) is 0 Å². The number of carboxylic acids is 1. The monoisotopic (exact) mass is 328 g/mol. The van der Waals surface area contributed by atoms with Gasteiger partial charge in [0.1, 0.15) is 0 Å². The lowest BCUT2D eigenvalue weighted by molar-refractivity contribution is 0.0699. The summed E-state index contributed by atoms with van der Waals surface area (Å²) in [7, 11) is 1.87. The number of piperidine rings is 3. The van der Waals surface area contributed by atoms with Gasteiger partial charge in [0, 0.05) is 38.0 Å². The molecule has 1 aromatic carbocycles. The van der Waals surface area contributed by atoms with Gasteiger partial charge in [0.05, 0.1) is 16.8 Å². The molecule has 0 spiro atoms. The summed E-state index contributed by atoms with van der Waals surface area (Å²) < 4.78 is 1.78. The number of hydrogen-bond donors (Lipinski definition) is 2. The van der Waals surface area contributed by atoms with Gasteiger partial charge in [-0.05, 0) is 44.0 Å². The summed E-state index contributed by atoms with van der Waals surface area (Å²) in [6, 6.07) is 5.94. The molecule has 1 atom stereocenters. The van der Waals surface area contributed by atoms with Crippen LogP contribution in [0.2, 0.25) is 0 Å². The quantitative estimate of drug-likeness (QED) is 0.870. The fourth-order valence-corrected chi connectivity index (χ4v) is 4.32. The number of aromatic nitrogens is 2. The normalized spacial score (nSPS) is 26.1. The van der Waals surface area contributed by atoms with Crippen molar-refractivity contribution in [3.8, 4) is 0 Å². The molecule has 3 saturated heterocycles. The highest BCUT2D eigenvalue weighted by molar-refractivity contribution is 6.03. The standard InChI is InChI=1S/C18H24N4O2/c1-21-16-4-2-3-13(18(23)24)17(16)14(20-21)5-8-19-15-11-22-9-6-12(15)7-10-22/h2-4,12,15,19H,5-11H2,1H3,(H,23,24)/t15-/m1/s1. The molecule has 0 unspecified atom stereocenters. The Kier molecular flexibility index (Phi) is 4.02. The molecule has 5 rings (SSSR count). The molecule has 2 bridgehead atoms. The second-order valence-electron chi connectivity index (χ2n) is 7.02. The molecule has 4 heterocycles. The molecular formula is C18H24N4O2. The predicted octanol–water partition coefficient (Wildman–Crippen LogP) is 1.50. The summed E-state index contributed by atoms with van der Waals surface area (Å²) in [4.78, 5) is 14.1. The zero-order valence-electron chi connectivity index (χ0n) is 14.0. The second kappa shape index (κ2) is 6.18. The third-order valence-electron chi connectivity index (χ3n) is 5.61. The number of rotatable bonds is 5. The lowest BCUT2D eigenvalue weighted by atomic mass is 9.84. The minimum atomic E-state index is -0.889. The van der Waals surface area contributed by atoms with Gasteiger partial charge in [0.2, 0.25) is 0 Å². The van der Waals surface area contributed by atoms with Crippen LogP contribution in [0.3, 0.4) is 0 Å². The van der Waals surface area contributed by atoms with Crippen LogP contribution < -0.4 is 5.32 Å². The van der Waals surface area contributed by atoms with Gasteiger partial charge in [0.15, 0.2) is 0 Å². The highest BCUT2D eigenvalue weighted by Gasteiger charge is 2.33. The van der Waals surface area contributed by atoms with Crippen LogP contribution in [0, 0.1) is 5.92 Å². The summed E-state index contributed by atoms with van der Waals surface area (Å²) in [6.07, 6.45) is 3.35. The number of nitrogens with zero attached hydrogens (tertiary/aromatic N) is 3. The van der Waals surface area contributed by atoms with Crippen molar-refractivity contribution in [3.05, 3.63) is 29.5 Å². The van der Waals surface area contributed by atoms with Crippen molar-refractivity contribution in [2.24, 2.45) is 13.0 Å². The van der Waals surface area contributed by atoms with Gasteiger partial charge in [-0.2, -0.15) is 5.10 Å². The zero-order chi connectivity index (χ0) is 16.7. The molecule has 24 heavy (non-hydrogen) atoms. The van der Waals surface area contributed by atoms with Gasteiger partial charge in [0.25, 0.3) is 0 Å². The highest BCUT2D eigenvalue weighted by Crippen LogP contribution is 2.27. The third-order valence-corrected chi connectivity index (χ3v) is 5.61. The van der Waals surface area contributed by atoms with Gasteiger partial charge in [-0.25, -0.2) is 4.79 Å². The second-order valence-corrected chi connectivity index (χ2v) is 7.02. The average molecular weight is 328 g/mol. The number of carbonyl (C=O) groups is 1. The van der Waals surface area contributed by atoms with Crippen LogP contribution in [-0.2, 0) is 13.5 Å². The van der Waals surface area contributed by atoms with E-state index in [1.165, 1.54) is 25.9 Å². The van der Waals surface area contributed by atoms with Gasteiger partial charge in [-0.15, -0.1) is 0 Å². The van der Waals surface area contributed by atoms with E-state index < -0.39 is 5.97 Å². The van der Waals surface area contributed by atoms with Crippen LogP contribution in [0.1, 0.15) is 28.9 Å². The summed E-state index contributed by atoms with van der Waals surface area (Å²) >= 11 is 0. The van der Waals surface area contributed by atoms with Crippen LogP contribution in [0.25, 0.3) is 10.9 Å². The van der Waals surface area contributed by atoms with Crippen molar-refractivity contribution in [3.63, 3.8) is 0 Å². The van der Waals surface area contributed by atoms with E-state index in [0.717, 1.165) is 42.0 Å². The lowest BCUT2D eigenvalue weighted by Crippen LogP contribution is -2.56. The summed E-state index contributed by atoms with van der Waals surface area (Å²) in [5.41, 5.74) is 2.10. The maximum Gasteiger partial charge on any atom is 0.336 e. The van der Waals surface area contributed by atoms with E-state index in [1.807, 2.05) is 13.1 Å². The van der Waals surface area contributed by atoms with Gasteiger partial charge < -0.3 is 15.3 Å². The number of fused-ring (bicyclic) bond motifs is 4. The maximum absolute atomic E-state index is 11.5. The number of carboxylic acid groups (broad SMARTS) is 1. The Labute approximate surface area is 141 Å². The van der Waals surface area contributed by atoms with Crippen molar-refractivity contribution in [1.82, 2.24) is 20.0 Å². The molecule has 0 aliphatic carbocycles. The first-order chi connectivity index (χ1) is 11.6. The third kappa shape index (κ3) is 2.70. The first-order valence-electron chi connectivity index (χ1n) is 8.77. The van der Waals surface area contributed by atoms with Gasteiger partial charge in [-0.3, -0.25) is 4.68 Å². The van der Waals surface area contributed by atoms with Crippen LogP contribution in [-0.4, -0.2) is 58.0 Å². The van der Waals surface area contributed by atoms with E-state index in [4.69, 9.17) is 0 Å². The topological polar surface area (TPSA) is 70.4 Å². The van der Waals surface area contributed by atoms with E-state index in [9.17, 15) is 9.90 Å². The van der Waals surface area contributed by atoms with Crippen LogP contribution in [0.15, 0.2) is 18.2 Å². The lowest BCUT2D eigenvalue weighted by Gasteiger charge is -2.45. The number of hydrogen-bond acceptors (Lipinski definition) is 4. The number of aromatic carboxylic acids is 1. The Morgan fingerprint density at radius 3 is 2.83 bits per heavy atom. The van der Waals surface area contributed by atoms with Crippen molar-refractivity contribution >= 4 is 16.9 Å². The Morgan fingerprint density at radius 1 is 1.38 bits per heavy atom. The summed E-state index contributed by atoms with van der Waals surface area (Å²) in [5, 5.41) is 18.5. The number of benzene rings is 1. The molecule has 1 aromatic heterocycles. The Balaban J connectivity index is 1.49. The minimum Gasteiger partial charge on any atom is -0.478 e. The summed E-state index contributed by atoms with van der Waals surface area (Å²) in [5.74, 6) is -0.0924. The molecule has 6 heteroatoms. The summed E-state index contributed by atoms with van der Waals surface area (Å²) in [6.45, 7) is 4.48. The average Bonchev–Trinajstić information content (AvgIpc) is 2.92. The Hall–Kier alpha value is -1.92. The first-order valence-corrected chi connectivity index (χ1v) is 8.77. The van der Waals surface area contributed by atoms with E-state index >= 15 is 0 Å². The number of aryl methyl sites for hydroxylation is 1. The zero-order valence-corrected chi connectivity index (χ0v) is 14.0. The van der Waals surface area contributed by atoms with E-state index in [1.54, 1.807) is 16.8 Å². The van der Waals surface area contributed by atoms with Gasteiger partial charge >= 0.3 is 5.97 Å². The van der Waals surface area contributed by atoms with E-state index in [2.05, 4.69) is 15.3 Å². The molecule has 3 fully saturated rings. The molecule has 6 nitrogen and oxygen atoms in total. The smallest absolute Gasteiger partial charge is 0.336 e. The predicted molar refractivity (Wildman–Crippen MR) is 92.3 cm³/mol. The van der Waals surface area contributed by atoms with E-state index in [0.29, 0.717) is 11.6 Å². The molecule has 0 saturated carbocycles. The van der Waals surface area contributed by atoms with Crippen molar-refractivity contribution in [2.75, 3.05) is 26.2 Å². The molecule has 128 valence electrons. The van der Waals surface area contributed by atoms with Crippen LogP contribution in [0.4, 0.5) is 0 Å². The van der Waals surface area contributed by atoms with Crippen LogP contribution >= 0.6 is 0 Å². The van der Waals surface area contributed by atoms with Crippen molar-refractivity contribution < 1.29 is 9.90 Å². The number of nitrogens with one attached hydrogen (secondary N) is 1. The Morgan fingerprint density at radius 2 is 2.17 bits per heavy atom. The van der Waals surface area contributed by atoms with E-state index in [-0.39, 0.29) is 0 Å². The fraction of sp³-hybridized carbons (Fsp3) is 0.556. The molecule has 0 amide bonds. The van der Waals surface area contributed by atoms with Gasteiger partial charge in [-0.1, -0.05) is 6.07 Å². The molecule has 2 N–H and O–H groups in total. The largest absolute Gasteiger partial charge is 0.478 e. The minimum absolute atomic E-state index is 0.346. The molecule has 2 aromatic rings. The molecule has 3 aliphatic rings. The first kappa shape index (κ1) is 15.6. The molecule has 3 aliphatic heterocycles. The SMILES string of the molecule is Cn1nc(CCN[C@@H]2CN3CCC2CC3)c2c(C(=O)O)cccc21. The molecule has 0 radical (unpaired) electrons. The fourth-order valence-electron chi connectivity index (χ4n) is 4.32. The Bertz CT molecular complexity index is 762. The molecular weight excluding hydrogens is 304 g/mol.